The van der Waals surface area contributed by atoms with Crippen molar-refractivity contribution in [1.29, 1.82) is 0 Å². The van der Waals surface area contributed by atoms with Gasteiger partial charge in [-0.15, -0.1) is 0 Å². The summed E-state index contributed by atoms with van der Waals surface area (Å²) < 4.78 is 7.75. The van der Waals surface area contributed by atoms with Gasteiger partial charge in [0.25, 0.3) is 5.56 Å². The number of pyridine rings is 1. The van der Waals surface area contributed by atoms with Gasteiger partial charge in [-0.25, -0.2) is 4.79 Å². The molecule has 1 spiro atoms. The van der Waals surface area contributed by atoms with Crippen molar-refractivity contribution in [3.8, 4) is 0 Å². The highest BCUT2D eigenvalue weighted by Gasteiger charge is 2.40. The summed E-state index contributed by atoms with van der Waals surface area (Å²) >= 11 is 0. The minimum Gasteiger partial charge on any atom is -0.371 e. The number of amides is 2. The van der Waals surface area contributed by atoms with Gasteiger partial charge >= 0.3 is 6.03 Å². The summed E-state index contributed by atoms with van der Waals surface area (Å²) in [6.07, 6.45) is 6.28. The lowest BCUT2D eigenvalue weighted by Gasteiger charge is -2.40. The summed E-state index contributed by atoms with van der Waals surface area (Å²) in [7, 11) is 0. The molecule has 1 saturated carbocycles. The molecule has 2 heterocycles. The molecule has 1 aromatic heterocycles. The number of carbonyl (C=O) groups excluding carboxylic acids is 1. The Hall–Kier alpha value is -1.82. The van der Waals surface area contributed by atoms with Crippen molar-refractivity contribution in [3.05, 3.63) is 34.2 Å². The molecule has 0 aromatic carbocycles. The molecule has 1 aromatic rings. The number of urea groups is 1. The number of morpholine rings is 1. The summed E-state index contributed by atoms with van der Waals surface area (Å²) in [4.78, 5) is 26.1. The molecule has 2 aliphatic rings. The van der Waals surface area contributed by atoms with Crippen LogP contribution in [0, 0.1) is 6.92 Å². The Morgan fingerprint density at radius 1 is 1.28 bits per heavy atom. The maximum atomic E-state index is 12.4. The molecule has 3 rings (SSSR count). The first-order chi connectivity index (χ1) is 12.1. The topological polar surface area (TPSA) is 63.6 Å². The molecule has 0 bridgehead atoms. The van der Waals surface area contributed by atoms with Gasteiger partial charge in [-0.2, -0.15) is 0 Å². The SMILES string of the molecule is Cc1cccc(=O)n1CCCCNC(=O)N1CCOC2(CCCC2)C1. The number of unbranched alkanes of at least 4 members (excludes halogenated alkanes) is 1. The second kappa shape index (κ2) is 8.04. The summed E-state index contributed by atoms with van der Waals surface area (Å²) in [6, 6.07) is 5.34. The van der Waals surface area contributed by atoms with Crippen LogP contribution >= 0.6 is 0 Å². The van der Waals surface area contributed by atoms with Crippen LogP contribution in [0.15, 0.2) is 23.0 Å². The van der Waals surface area contributed by atoms with E-state index in [2.05, 4.69) is 5.32 Å². The number of aryl methyl sites for hydroxylation is 1. The number of hydrogen-bond acceptors (Lipinski definition) is 3. The Morgan fingerprint density at radius 2 is 2.08 bits per heavy atom. The van der Waals surface area contributed by atoms with E-state index in [1.807, 2.05) is 17.9 Å². The molecule has 6 nitrogen and oxygen atoms in total. The van der Waals surface area contributed by atoms with Crippen molar-refractivity contribution < 1.29 is 9.53 Å². The Morgan fingerprint density at radius 3 is 2.84 bits per heavy atom. The third-order valence-corrected chi connectivity index (χ3v) is 5.40. The Labute approximate surface area is 149 Å². The highest BCUT2D eigenvalue weighted by Crippen LogP contribution is 2.35. The number of nitrogens with zero attached hydrogens (tertiary/aromatic N) is 2. The predicted molar refractivity (Wildman–Crippen MR) is 96.8 cm³/mol. The molecule has 0 radical (unpaired) electrons. The monoisotopic (exact) mass is 347 g/mol. The van der Waals surface area contributed by atoms with Crippen LogP contribution < -0.4 is 10.9 Å². The zero-order valence-electron chi connectivity index (χ0n) is 15.1. The van der Waals surface area contributed by atoms with Gasteiger partial charge in [0.2, 0.25) is 0 Å². The first-order valence-electron chi connectivity index (χ1n) is 9.43. The number of rotatable bonds is 5. The molecular formula is C19H29N3O3. The Kier molecular flexibility index (Phi) is 5.78. The highest BCUT2D eigenvalue weighted by molar-refractivity contribution is 5.74. The van der Waals surface area contributed by atoms with Gasteiger partial charge in [-0.05, 0) is 38.7 Å². The van der Waals surface area contributed by atoms with E-state index in [0.717, 1.165) is 37.9 Å². The van der Waals surface area contributed by atoms with Crippen LogP contribution in [-0.2, 0) is 11.3 Å². The molecule has 1 saturated heterocycles. The van der Waals surface area contributed by atoms with E-state index in [4.69, 9.17) is 4.74 Å². The summed E-state index contributed by atoms with van der Waals surface area (Å²) in [5.41, 5.74) is 0.938. The second-order valence-corrected chi connectivity index (χ2v) is 7.26. The molecule has 2 amide bonds. The van der Waals surface area contributed by atoms with Gasteiger partial charge < -0.3 is 19.5 Å². The Balaban J connectivity index is 1.39. The molecule has 0 unspecified atom stereocenters. The lowest BCUT2D eigenvalue weighted by atomic mass is 10.00. The third-order valence-electron chi connectivity index (χ3n) is 5.40. The molecule has 1 aliphatic heterocycles. The van der Waals surface area contributed by atoms with E-state index in [-0.39, 0.29) is 17.2 Å². The van der Waals surface area contributed by atoms with E-state index in [1.54, 1.807) is 16.7 Å². The fraction of sp³-hybridized carbons (Fsp3) is 0.684. The third kappa shape index (κ3) is 4.42. The van der Waals surface area contributed by atoms with Gasteiger partial charge in [0.05, 0.1) is 18.8 Å². The van der Waals surface area contributed by atoms with Gasteiger partial charge in [-0.3, -0.25) is 4.79 Å². The predicted octanol–water partition coefficient (Wildman–Crippen LogP) is 2.29. The summed E-state index contributed by atoms with van der Waals surface area (Å²) in [5, 5.41) is 3.02. The lowest BCUT2D eigenvalue weighted by Crippen LogP contribution is -2.55. The van der Waals surface area contributed by atoms with Gasteiger partial charge in [-0.1, -0.05) is 18.9 Å². The zero-order chi connectivity index (χ0) is 17.7. The fourth-order valence-electron chi connectivity index (χ4n) is 3.95. The van der Waals surface area contributed by atoms with Crippen LogP contribution in [0.5, 0.6) is 0 Å². The van der Waals surface area contributed by atoms with E-state index < -0.39 is 0 Å². The molecule has 1 aliphatic carbocycles. The smallest absolute Gasteiger partial charge is 0.317 e. The molecular weight excluding hydrogens is 318 g/mol. The maximum absolute atomic E-state index is 12.4. The van der Waals surface area contributed by atoms with Crippen molar-refractivity contribution >= 4 is 6.03 Å². The summed E-state index contributed by atoms with van der Waals surface area (Å²) in [5.74, 6) is 0. The standard InChI is InChI=1S/C19H29N3O3/c1-16-7-6-8-17(23)22(16)12-5-4-11-20-18(24)21-13-14-25-19(15-21)9-2-3-10-19/h6-8H,2-5,9-15H2,1H3,(H,20,24). The van der Waals surface area contributed by atoms with Crippen LogP contribution in [0.4, 0.5) is 4.79 Å². The molecule has 1 N–H and O–H groups in total. The van der Waals surface area contributed by atoms with Gasteiger partial charge in [0.15, 0.2) is 0 Å². The van der Waals surface area contributed by atoms with Crippen molar-refractivity contribution in [3.63, 3.8) is 0 Å². The zero-order valence-corrected chi connectivity index (χ0v) is 15.1. The Bertz CT molecular complexity index is 650. The average molecular weight is 347 g/mol. The van der Waals surface area contributed by atoms with E-state index >= 15 is 0 Å². The fourth-order valence-corrected chi connectivity index (χ4v) is 3.95. The van der Waals surface area contributed by atoms with Crippen LogP contribution in [0.25, 0.3) is 0 Å². The first kappa shape index (κ1) is 18.0. The van der Waals surface area contributed by atoms with Crippen LogP contribution in [0.1, 0.15) is 44.2 Å². The minimum atomic E-state index is -0.0818. The van der Waals surface area contributed by atoms with Crippen LogP contribution in [0.2, 0.25) is 0 Å². The first-order valence-corrected chi connectivity index (χ1v) is 9.43. The quantitative estimate of drug-likeness (QED) is 0.831. The normalized spacial score (nSPS) is 19.3. The van der Waals surface area contributed by atoms with Gasteiger partial charge in [0.1, 0.15) is 0 Å². The van der Waals surface area contributed by atoms with Crippen molar-refractivity contribution in [1.82, 2.24) is 14.8 Å². The maximum Gasteiger partial charge on any atom is 0.317 e. The number of aromatic nitrogens is 1. The number of hydrogen-bond donors (Lipinski definition) is 1. The summed E-state index contributed by atoms with van der Waals surface area (Å²) in [6.45, 7) is 5.32. The molecule has 0 atom stereocenters. The molecule has 138 valence electrons. The van der Waals surface area contributed by atoms with Crippen molar-refractivity contribution in [2.45, 2.75) is 57.6 Å². The molecule has 6 heteroatoms. The second-order valence-electron chi connectivity index (χ2n) is 7.26. The number of carbonyl (C=O) groups is 1. The van der Waals surface area contributed by atoms with Crippen molar-refractivity contribution in [2.24, 2.45) is 0 Å². The van der Waals surface area contributed by atoms with E-state index in [9.17, 15) is 9.59 Å². The number of ether oxygens (including phenoxy) is 1. The molecule has 25 heavy (non-hydrogen) atoms. The van der Waals surface area contributed by atoms with Crippen LogP contribution in [-0.4, -0.2) is 47.3 Å². The molecule has 2 fully saturated rings. The largest absolute Gasteiger partial charge is 0.371 e. The van der Waals surface area contributed by atoms with Gasteiger partial charge in [0, 0.05) is 31.4 Å². The average Bonchev–Trinajstić information content (AvgIpc) is 3.04. The lowest BCUT2D eigenvalue weighted by molar-refractivity contribution is -0.0925. The van der Waals surface area contributed by atoms with Crippen LogP contribution in [0.3, 0.4) is 0 Å². The number of nitrogens with one attached hydrogen (secondary N) is 1. The minimum absolute atomic E-state index is 0.0163. The van der Waals surface area contributed by atoms with Crippen molar-refractivity contribution in [2.75, 3.05) is 26.2 Å². The highest BCUT2D eigenvalue weighted by atomic mass is 16.5. The van der Waals surface area contributed by atoms with E-state index in [0.29, 0.717) is 26.2 Å². The van der Waals surface area contributed by atoms with E-state index in [1.165, 1.54) is 12.8 Å².